The van der Waals surface area contributed by atoms with Crippen molar-refractivity contribution in [1.82, 2.24) is 0 Å². The summed E-state index contributed by atoms with van der Waals surface area (Å²) in [6.07, 6.45) is 1.24. The molecule has 1 heterocycles. The third-order valence-electron chi connectivity index (χ3n) is 6.29. The van der Waals surface area contributed by atoms with E-state index in [2.05, 4.69) is 13.8 Å². The lowest BCUT2D eigenvalue weighted by Gasteiger charge is -2.43. The number of allylic oxidation sites excluding steroid dienone is 2. The van der Waals surface area contributed by atoms with Gasteiger partial charge >= 0.3 is 0 Å². The van der Waals surface area contributed by atoms with Crippen molar-refractivity contribution >= 4 is 17.4 Å². The zero-order chi connectivity index (χ0) is 23.0. The van der Waals surface area contributed by atoms with Crippen molar-refractivity contribution in [3.05, 3.63) is 59.3 Å². The Morgan fingerprint density at radius 1 is 0.906 bits per heavy atom. The highest BCUT2D eigenvalue weighted by atomic mass is 16.5. The predicted octanol–water partition coefficient (Wildman–Crippen LogP) is 4.88. The first-order valence-corrected chi connectivity index (χ1v) is 10.7. The van der Waals surface area contributed by atoms with E-state index in [-0.39, 0.29) is 29.4 Å². The van der Waals surface area contributed by atoms with E-state index >= 15 is 0 Å². The van der Waals surface area contributed by atoms with Gasteiger partial charge < -0.3 is 14.2 Å². The van der Waals surface area contributed by atoms with Gasteiger partial charge in [-0.3, -0.25) is 14.5 Å². The van der Waals surface area contributed by atoms with Crippen LogP contribution < -0.4 is 19.1 Å². The number of methoxy groups -OCH3 is 3. The normalized spacial score (nSPS) is 20.2. The van der Waals surface area contributed by atoms with Crippen LogP contribution in [0, 0.1) is 5.41 Å². The molecule has 2 aliphatic rings. The molecule has 1 atom stereocenters. The third-order valence-corrected chi connectivity index (χ3v) is 6.29. The van der Waals surface area contributed by atoms with Crippen LogP contribution in [-0.2, 0) is 9.59 Å². The number of hydrogen-bond acceptors (Lipinski definition) is 5. The highest BCUT2D eigenvalue weighted by Crippen LogP contribution is 2.50. The van der Waals surface area contributed by atoms with Crippen LogP contribution in [0.25, 0.3) is 0 Å². The van der Waals surface area contributed by atoms with Gasteiger partial charge in [-0.25, -0.2) is 0 Å². The maximum absolute atomic E-state index is 13.6. The summed E-state index contributed by atoms with van der Waals surface area (Å²) < 4.78 is 16.5. The van der Waals surface area contributed by atoms with Crippen molar-refractivity contribution in [3.63, 3.8) is 0 Å². The molecule has 168 valence electrons. The first-order valence-electron chi connectivity index (χ1n) is 10.7. The zero-order valence-corrected chi connectivity index (χ0v) is 19.2. The summed E-state index contributed by atoms with van der Waals surface area (Å²) in [5.41, 5.74) is 2.68. The number of hydrogen-bond donors (Lipinski definition) is 0. The largest absolute Gasteiger partial charge is 0.497 e. The summed E-state index contributed by atoms with van der Waals surface area (Å²) in [5, 5.41) is 0. The molecule has 32 heavy (non-hydrogen) atoms. The highest BCUT2D eigenvalue weighted by Gasteiger charge is 2.45. The number of ether oxygens (including phenoxy) is 3. The molecule has 0 saturated heterocycles. The maximum Gasteiger partial charge on any atom is 0.232 e. The lowest BCUT2D eigenvalue weighted by atomic mass is 9.69. The molecule has 0 bridgehead atoms. The summed E-state index contributed by atoms with van der Waals surface area (Å²) in [4.78, 5) is 28.8. The number of nitrogens with zero attached hydrogens (tertiary/aromatic N) is 1. The molecule has 2 aromatic carbocycles. The summed E-state index contributed by atoms with van der Waals surface area (Å²) in [6.45, 7) is 4.13. The third kappa shape index (κ3) is 3.74. The topological polar surface area (TPSA) is 65.1 Å². The average Bonchev–Trinajstić information content (AvgIpc) is 2.77. The minimum atomic E-state index is -0.335. The van der Waals surface area contributed by atoms with Gasteiger partial charge in [-0.1, -0.05) is 32.0 Å². The highest BCUT2D eigenvalue weighted by molar-refractivity contribution is 6.08. The van der Waals surface area contributed by atoms with Crippen LogP contribution in [0.15, 0.2) is 53.7 Å². The number of para-hydroxylation sites is 1. The number of anilines is 1. The number of ketones is 1. The van der Waals surface area contributed by atoms with Gasteiger partial charge in [-0.2, -0.15) is 0 Å². The van der Waals surface area contributed by atoms with Crippen molar-refractivity contribution in [2.75, 3.05) is 26.2 Å². The molecule has 0 radical (unpaired) electrons. The lowest BCUT2D eigenvalue weighted by molar-refractivity contribution is -0.121. The Morgan fingerprint density at radius 2 is 1.62 bits per heavy atom. The molecule has 0 saturated carbocycles. The molecule has 0 fully saturated rings. The Labute approximate surface area is 188 Å². The van der Waals surface area contributed by atoms with E-state index in [4.69, 9.17) is 14.2 Å². The second-order valence-corrected chi connectivity index (χ2v) is 9.07. The fraction of sp³-hybridized carbons (Fsp3) is 0.385. The van der Waals surface area contributed by atoms with E-state index in [1.54, 1.807) is 38.4 Å². The average molecular weight is 436 g/mol. The maximum atomic E-state index is 13.6. The van der Waals surface area contributed by atoms with Crippen LogP contribution in [0.4, 0.5) is 5.69 Å². The first kappa shape index (κ1) is 21.9. The van der Waals surface area contributed by atoms with Gasteiger partial charge in [-0.05, 0) is 30.0 Å². The summed E-state index contributed by atoms with van der Waals surface area (Å²) in [5.74, 6) is 1.51. The Bertz CT molecular complexity index is 1100. The van der Waals surface area contributed by atoms with E-state index in [1.807, 2.05) is 30.3 Å². The SMILES string of the molecule is COc1ccc(N2C(=O)CC(c3ccccc3OC)C3=C2CC(C)(C)CC3=O)c(OC)c1. The van der Waals surface area contributed by atoms with Gasteiger partial charge in [0.05, 0.1) is 27.0 Å². The lowest BCUT2D eigenvalue weighted by Crippen LogP contribution is -2.43. The summed E-state index contributed by atoms with van der Waals surface area (Å²) >= 11 is 0. The van der Waals surface area contributed by atoms with Crippen molar-refractivity contribution in [2.24, 2.45) is 5.41 Å². The van der Waals surface area contributed by atoms with Crippen LogP contribution in [-0.4, -0.2) is 33.0 Å². The molecular formula is C26H29NO5. The molecule has 1 amide bonds. The number of benzene rings is 2. The molecule has 1 aliphatic carbocycles. The number of carbonyl (C=O) groups excluding carboxylic acids is 2. The molecule has 2 aromatic rings. The standard InChI is InChI=1S/C26H29NO5/c1-26(2)14-20-25(21(28)15-26)18(17-8-6-7-9-22(17)31-4)13-24(29)27(20)19-11-10-16(30-3)12-23(19)32-5/h6-12,18H,13-15H2,1-5H3. The van der Waals surface area contributed by atoms with Crippen molar-refractivity contribution in [1.29, 1.82) is 0 Å². The fourth-order valence-corrected chi connectivity index (χ4v) is 4.88. The van der Waals surface area contributed by atoms with Gasteiger partial charge in [0, 0.05) is 41.7 Å². The van der Waals surface area contributed by atoms with E-state index < -0.39 is 0 Å². The van der Waals surface area contributed by atoms with E-state index in [0.29, 0.717) is 41.4 Å². The number of amides is 1. The van der Waals surface area contributed by atoms with Crippen molar-refractivity contribution in [3.8, 4) is 17.2 Å². The monoisotopic (exact) mass is 435 g/mol. The van der Waals surface area contributed by atoms with Crippen LogP contribution in [0.3, 0.4) is 0 Å². The number of rotatable bonds is 5. The predicted molar refractivity (Wildman–Crippen MR) is 122 cm³/mol. The summed E-state index contributed by atoms with van der Waals surface area (Å²) in [7, 11) is 4.76. The van der Waals surface area contributed by atoms with Crippen molar-refractivity contribution in [2.45, 2.75) is 39.0 Å². The quantitative estimate of drug-likeness (QED) is 0.670. The second kappa shape index (κ2) is 8.34. The second-order valence-electron chi connectivity index (χ2n) is 9.07. The Balaban J connectivity index is 1.93. The molecule has 0 aromatic heterocycles. The fourth-order valence-electron chi connectivity index (χ4n) is 4.88. The number of Topliss-reactive ketones (excluding diaryl/α,β-unsaturated/α-hetero) is 1. The van der Waals surface area contributed by atoms with Crippen molar-refractivity contribution < 1.29 is 23.8 Å². The van der Waals surface area contributed by atoms with E-state index in [1.165, 1.54) is 0 Å². The minimum absolute atomic E-state index is 0.0753. The van der Waals surface area contributed by atoms with Crippen LogP contribution in [0.2, 0.25) is 0 Å². The smallest absolute Gasteiger partial charge is 0.232 e. The molecule has 0 N–H and O–H groups in total. The molecule has 6 nitrogen and oxygen atoms in total. The van der Waals surface area contributed by atoms with Gasteiger partial charge in [0.25, 0.3) is 0 Å². The van der Waals surface area contributed by atoms with Gasteiger partial charge in [0.2, 0.25) is 5.91 Å². The first-order chi connectivity index (χ1) is 15.3. The Kier molecular flexibility index (Phi) is 5.71. The molecular weight excluding hydrogens is 406 g/mol. The van der Waals surface area contributed by atoms with Crippen LogP contribution in [0.1, 0.15) is 44.6 Å². The molecule has 1 unspecified atom stereocenters. The molecule has 6 heteroatoms. The van der Waals surface area contributed by atoms with Gasteiger partial charge in [-0.15, -0.1) is 0 Å². The Hall–Kier alpha value is -3.28. The molecule has 1 aliphatic heterocycles. The molecule has 4 rings (SSSR count). The number of carbonyl (C=O) groups is 2. The minimum Gasteiger partial charge on any atom is -0.497 e. The van der Waals surface area contributed by atoms with E-state index in [9.17, 15) is 9.59 Å². The summed E-state index contributed by atoms with van der Waals surface area (Å²) in [6, 6.07) is 13.0. The zero-order valence-electron chi connectivity index (χ0n) is 19.2. The van der Waals surface area contributed by atoms with Crippen LogP contribution in [0.5, 0.6) is 17.2 Å². The van der Waals surface area contributed by atoms with Gasteiger partial charge in [0.15, 0.2) is 5.78 Å². The Morgan fingerprint density at radius 3 is 2.31 bits per heavy atom. The van der Waals surface area contributed by atoms with Crippen LogP contribution >= 0.6 is 0 Å². The van der Waals surface area contributed by atoms with E-state index in [0.717, 1.165) is 11.3 Å². The molecule has 0 spiro atoms. The van der Waals surface area contributed by atoms with Gasteiger partial charge in [0.1, 0.15) is 17.2 Å².